The Kier molecular flexibility index (Phi) is 11.9. The molecule has 12 heteroatoms. The van der Waals surface area contributed by atoms with Crippen LogP contribution in [0.15, 0.2) is 77.8 Å². The predicted molar refractivity (Wildman–Crippen MR) is 227 cm³/mol. The van der Waals surface area contributed by atoms with E-state index in [1.165, 1.54) is 23.8 Å². The molecule has 1 aromatic heterocycles. The number of aryl methyl sites for hydroxylation is 2. The Morgan fingerprint density at radius 1 is 1.05 bits per heavy atom. The zero-order valence-corrected chi connectivity index (χ0v) is 36.0. The maximum atomic E-state index is 13.7. The molecule has 1 N–H and O–H groups in total. The fourth-order valence-corrected chi connectivity index (χ4v) is 11.2. The van der Waals surface area contributed by atoms with Crippen molar-refractivity contribution in [2.45, 2.75) is 113 Å². The average Bonchev–Trinajstić information content (AvgIpc) is 3.50. The van der Waals surface area contributed by atoms with Gasteiger partial charge < -0.3 is 24.3 Å². The number of halogens is 1. The van der Waals surface area contributed by atoms with Gasteiger partial charge in [0.05, 0.1) is 25.2 Å². The minimum absolute atomic E-state index is 0.0258. The van der Waals surface area contributed by atoms with Crippen molar-refractivity contribution in [1.82, 2.24) is 4.98 Å². The molecule has 4 atom stereocenters. The largest absolute Gasteiger partial charge is 0.493 e. The van der Waals surface area contributed by atoms with Crippen molar-refractivity contribution in [2.75, 3.05) is 32.2 Å². The van der Waals surface area contributed by atoms with E-state index < -0.39 is 15.7 Å². The van der Waals surface area contributed by atoms with Crippen molar-refractivity contribution < 1.29 is 36.3 Å². The molecule has 4 aromatic rings. The van der Waals surface area contributed by atoms with Gasteiger partial charge in [0.25, 0.3) is 10.1 Å². The SMILES string of the molecule is COC(=O)C1(Nc2cccc(Cl)c2)CCC2(CC1)c1cc3c(cc1C[C@@H]2C[C@@H](C)COc1ccnc2c1[C@H](C)CCC2)O[C@@H](CCOS(=O)(=O)c1ccc(C)cc1)CO3. The van der Waals surface area contributed by atoms with Gasteiger partial charge in [-0.2, -0.15) is 8.42 Å². The second-order valence-corrected chi connectivity index (χ2v) is 19.3. The molecule has 2 heterocycles. The molecule has 0 unspecified atom stereocenters. The predicted octanol–water partition coefficient (Wildman–Crippen LogP) is 9.53. The summed E-state index contributed by atoms with van der Waals surface area (Å²) >= 11 is 6.37. The zero-order valence-electron chi connectivity index (χ0n) is 34.4. The molecule has 0 saturated heterocycles. The van der Waals surface area contributed by atoms with Crippen LogP contribution < -0.4 is 19.5 Å². The fraction of sp³-hybridized carbons (Fsp3) is 0.489. The molecule has 1 fully saturated rings. The van der Waals surface area contributed by atoms with Crippen LogP contribution in [0.25, 0.3) is 0 Å². The van der Waals surface area contributed by atoms with Gasteiger partial charge in [-0.25, -0.2) is 4.79 Å². The molecule has 0 radical (unpaired) electrons. The first-order valence-corrected chi connectivity index (χ1v) is 22.8. The number of benzene rings is 3. The van der Waals surface area contributed by atoms with Crippen LogP contribution in [0.2, 0.25) is 5.02 Å². The maximum absolute atomic E-state index is 13.7. The lowest BCUT2D eigenvalue weighted by atomic mass is 9.59. The first-order valence-electron chi connectivity index (χ1n) is 21.0. The molecule has 3 aromatic carbocycles. The van der Waals surface area contributed by atoms with E-state index in [1.54, 1.807) is 24.3 Å². The van der Waals surface area contributed by atoms with Crippen LogP contribution in [-0.4, -0.2) is 57.9 Å². The highest BCUT2D eigenvalue weighted by molar-refractivity contribution is 7.86. The number of aromatic nitrogens is 1. The van der Waals surface area contributed by atoms with Gasteiger partial charge in [-0.1, -0.05) is 49.2 Å². The summed E-state index contributed by atoms with van der Waals surface area (Å²) in [6.07, 6.45) is 9.65. The highest BCUT2D eigenvalue weighted by Gasteiger charge is 2.55. The van der Waals surface area contributed by atoms with Crippen molar-refractivity contribution in [2.24, 2.45) is 11.8 Å². The van der Waals surface area contributed by atoms with Gasteiger partial charge in [0, 0.05) is 34.6 Å². The summed E-state index contributed by atoms with van der Waals surface area (Å²) in [6, 6.07) is 20.4. The number of anilines is 1. The number of ether oxygens (including phenoxy) is 4. The second kappa shape index (κ2) is 17.0. The maximum Gasteiger partial charge on any atom is 0.331 e. The molecule has 0 amide bonds. The van der Waals surface area contributed by atoms with Gasteiger partial charge in [-0.05, 0) is 148 Å². The molecular formula is C47H55ClN2O8S. The minimum Gasteiger partial charge on any atom is -0.493 e. The number of pyridine rings is 1. The van der Waals surface area contributed by atoms with E-state index in [2.05, 4.69) is 36.3 Å². The highest BCUT2D eigenvalue weighted by atomic mass is 35.5. The molecule has 3 aliphatic carbocycles. The van der Waals surface area contributed by atoms with Crippen molar-refractivity contribution in [3.8, 4) is 17.2 Å². The molecule has 8 rings (SSSR count). The molecule has 1 aliphatic heterocycles. The first-order chi connectivity index (χ1) is 28.4. The summed E-state index contributed by atoms with van der Waals surface area (Å²) in [7, 11) is -2.43. The van der Waals surface area contributed by atoms with E-state index in [1.807, 2.05) is 43.5 Å². The Hall–Kier alpha value is -4.32. The fourth-order valence-electron chi connectivity index (χ4n) is 10.1. The van der Waals surface area contributed by atoms with Crippen LogP contribution in [0.1, 0.15) is 99.1 Å². The smallest absolute Gasteiger partial charge is 0.331 e. The second-order valence-electron chi connectivity index (χ2n) is 17.3. The van der Waals surface area contributed by atoms with E-state index in [0.717, 1.165) is 67.6 Å². The molecule has 1 spiro atoms. The molecule has 0 bridgehead atoms. The summed E-state index contributed by atoms with van der Waals surface area (Å²) < 4.78 is 55.9. The third-order valence-electron chi connectivity index (χ3n) is 13.2. The van der Waals surface area contributed by atoms with Gasteiger partial charge in [0.1, 0.15) is 24.0 Å². The number of carbonyl (C=O) groups is 1. The Morgan fingerprint density at radius 2 is 1.85 bits per heavy atom. The number of nitrogens with zero attached hydrogens (tertiary/aromatic N) is 1. The van der Waals surface area contributed by atoms with Crippen LogP contribution in [0.3, 0.4) is 0 Å². The van der Waals surface area contributed by atoms with Crippen LogP contribution in [0.5, 0.6) is 17.2 Å². The Balaban J connectivity index is 1.02. The van der Waals surface area contributed by atoms with Gasteiger partial charge in [-0.15, -0.1) is 0 Å². The zero-order chi connectivity index (χ0) is 41.4. The van der Waals surface area contributed by atoms with Crippen LogP contribution in [0.4, 0.5) is 5.69 Å². The summed E-state index contributed by atoms with van der Waals surface area (Å²) in [6.45, 7) is 7.30. The highest BCUT2D eigenvalue weighted by Crippen LogP contribution is 2.58. The summed E-state index contributed by atoms with van der Waals surface area (Å²) in [5.41, 5.74) is 5.54. The third-order valence-corrected chi connectivity index (χ3v) is 14.8. The van der Waals surface area contributed by atoms with Gasteiger partial charge >= 0.3 is 5.97 Å². The Labute approximate surface area is 353 Å². The van der Waals surface area contributed by atoms with Gasteiger partial charge in [0.2, 0.25) is 0 Å². The molecule has 314 valence electrons. The van der Waals surface area contributed by atoms with Crippen LogP contribution in [-0.2, 0) is 42.1 Å². The van der Waals surface area contributed by atoms with E-state index in [-0.39, 0.29) is 47.4 Å². The molecule has 59 heavy (non-hydrogen) atoms. The first kappa shape index (κ1) is 41.4. The number of methoxy groups -OCH3 is 1. The van der Waals surface area contributed by atoms with E-state index >= 15 is 0 Å². The normalized spacial score (nSPS) is 25.1. The van der Waals surface area contributed by atoms with Crippen LogP contribution in [0, 0.1) is 18.8 Å². The van der Waals surface area contributed by atoms with E-state index in [0.29, 0.717) is 48.3 Å². The Bertz CT molecular complexity index is 2270. The standard InChI is InChI=1S/C47H55ClN2O8S/c1-30-11-13-38(14-12-30)59(52,53)57-22-16-37-29-56-42-27-39-33(25-43(42)58-37)24-34(23-31(2)28-55-41-15-21-49-40-10-5-7-32(3)44(40)41)46(39)17-19-47(20-18-46,45(51)54-4)50-36-9-6-8-35(48)26-36/h6,8-9,11-15,21,25-27,31-32,34,37,50H,5,7,10,16-20,22-24,28-29H2,1-4H3/t31-,32-,34+,37+,46?,47?/m1/s1. The number of carbonyl (C=O) groups excluding carboxylic acids is 1. The number of fused-ring (bicyclic) bond motifs is 4. The van der Waals surface area contributed by atoms with E-state index in [9.17, 15) is 13.2 Å². The van der Waals surface area contributed by atoms with E-state index in [4.69, 9.17) is 34.7 Å². The molecule has 4 aliphatic rings. The minimum atomic E-state index is -3.89. The number of hydrogen-bond donors (Lipinski definition) is 1. The lowest BCUT2D eigenvalue weighted by Gasteiger charge is -2.48. The van der Waals surface area contributed by atoms with Gasteiger partial charge in [0.15, 0.2) is 11.5 Å². The third kappa shape index (κ3) is 8.53. The number of rotatable bonds is 13. The average molecular weight is 843 g/mol. The topological polar surface area (TPSA) is 122 Å². The van der Waals surface area contributed by atoms with Crippen molar-refractivity contribution in [3.05, 3.63) is 106 Å². The molecule has 1 saturated carbocycles. The lowest BCUT2D eigenvalue weighted by Crippen LogP contribution is -2.53. The monoisotopic (exact) mass is 842 g/mol. The van der Waals surface area contributed by atoms with Crippen LogP contribution >= 0.6 is 11.6 Å². The quantitative estimate of drug-likeness (QED) is 0.103. The van der Waals surface area contributed by atoms with Crippen molar-refractivity contribution >= 4 is 33.4 Å². The molecular weight excluding hydrogens is 788 g/mol. The summed E-state index contributed by atoms with van der Waals surface area (Å²) in [5, 5.41) is 4.15. The van der Waals surface area contributed by atoms with Gasteiger partial charge in [-0.3, -0.25) is 9.17 Å². The number of nitrogens with one attached hydrogen (secondary N) is 1. The lowest BCUT2D eigenvalue weighted by molar-refractivity contribution is -0.148. The molecule has 10 nitrogen and oxygen atoms in total. The van der Waals surface area contributed by atoms with Crippen molar-refractivity contribution in [1.29, 1.82) is 0 Å². The number of esters is 1. The Morgan fingerprint density at radius 3 is 2.61 bits per heavy atom. The van der Waals surface area contributed by atoms with Crippen molar-refractivity contribution in [3.63, 3.8) is 0 Å². The summed E-state index contributed by atoms with van der Waals surface area (Å²) in [5.74, 6) is 2.99. The number of hydrogen-bond acceptors (Lipinski definition) is 10. The summed E-state index contributed by atoms with van der Waals surface area (Å²) in [4.78, 5) is 18.5.